The molecule has 0 aromatic rings. The number of hydrogen-bond donors (Lipinski definition) is 4. The molecule has 0 aliphatic carbocycles. The molecule has 0 rings (SSSR count). The SMILES string of the molecule is CCCCCCCCC(=O)N(C)CC(O)C(O)C(O)C(O)CC. The Morgan fingerprint density at radius 3 is 1.96 bits per heavy atom. The van der Waals surface area contributed by atoms with E-state index in [1.807, 2.05) is 0 Å². The lowest BCUT2D eigenvalue weighted by Gasteiger charge is -2.28. The minimum Gasteiger partial charge on any atom is -0.390 e. The summed E-state index contributed by atoms with van der Waals surface area (Å²) in [5, 5.41) is 38.9. The second-order valence-corrected chi connectivity index (χ2v) is 6.32. The van der Waals surface area contributed by atoms with Crippen LogP contribution >= 0.6 is 0 Å². The van der Waals surface area contributed by atoms with Gasteiger partial charge in [0.2, 0.25) is 5.91 Å². The van der Waals surface area contributed by atoms with Crippen molar-refractivity contribution >= 4 is 5.91 Å². The first-order chi connectivity index (χ1) is 10.8. The molecule has 0 heterocycles. The molecule has 0 fully saturated rings. The van der Waals surface area contributed by atoms with E-state index >= 15 is 0 Å². The van der Waals surface area contributed by atoms with Gasteiger partial charge < -0.3 is 25.3 Å². The summed E-state index contributed by atoms with van der Waals surface area (Å²) >= 11 is 0. The fraction of sp³-hybridized carbons (Fsp3) is 0.941. The van der Waals surface area contributed by atoms with Crippen LogP contribution in [-0.4, -0.2) is 69.2 Å². The summed E-state index contributed by atoms with van der Waals surface area (Å²) in [5.41, 5.74) is 0. The summed E-state index contributed by atoms with van der Waals surface area (Å²) in [6.07, 6.45) is 2.01. The van der Waals surface area contributed by atoms with Crippen LogP contribution < -0.4 is 0 Å². The average molecular weight is 333 g/mol. The van der Waals surface area contributed by atoms with Gasteiger partial charge in [-0.05, 0) is 12.8 Å². The summed E-state index contributed by atoms with van der Waals surface area (Å²) in [4.78, 5) is 13.3. The molecule has 4 unspecified atom stereocenters. The molecule has 6 nitrogen and oxygen atoms in total. The number of hydrogen-bond acceptors (Lipinski definition) is 5. The maximum atomic E-state index is 12.0. The molecule has 4 N–H and O–H groups in total. The summed E-state index contributed by atoms with van der Waals surface area (Å²) in [6, 6.07) is 0. The number of aliphatic hydroxyl groups is 4. The van der Waals surface area contributed by atoms with E-state index in [2.05, 4.69) is 6.92 Å². The highest BCUT2D eigenvalue weighted by Gasteiger charge is 2.30. The molecule has 6 heteroatoms. The van der Waals surface area contributed by atoms with Gasteiger partial charge in [-0.15, -0.1) is 0 Å². The Morgan fingerprint density at radius 2 is 1.39 bits per heavy atom. The minimum atomic E-state index is -1.48. The highest BCUT2D eigenvalue weighted by molar-refractivity contribution is 5.75. The Hall–Kier alpha value is -0.690. The van der Waals surface area contributed by atoms with E-state index in [9.17, 15) is 25.2 Å². The Bertz CT molecular complexity index is 313. The molecule has 0 bridgehead atoms. The van der Waals surface area contributed by atoms with Gasteiger partial charge in [0, 0.05) is 20.0 Å². The van der Waals surface area contributed by atoms with Crippen LogP contribution in [0, 0.1) is 0 Å². The van der Waals surface area contributed by atoms with Crippen molar-refractivity contribution in [2.45, 2.75) is 89.6 Å². The molecule has 23 heavy (non-hydrogen) atoms. The number of carbonyl (C=O) groups excluding carboxylic acids is 1. The van der Waals surface area contributed by atoms with Crippen molar-refractivity contribution in [2.75, 3.05) is 13.6 Å². The van der Waals surface area contributed by atoms with Gasteiger partial charge in [0.1, 0.15) is 18.3 Å². The van der Waals surface area contributed by atoms with Crippen LogP contribution in [0.5, 0.6) is 0 Å². The van der Waals surface area contributed by atoms with Crippen molar-refractivity contribution < 1.29 is 25.2 Å². The lowest BCUT2D eigenvalue weighted by Crippen LogP contribution is -2.49. The zero-order chi connectivity index (χ0) is 17.8. The Balaban J connectivity index is 4.05. The van der Waals surface area contributed by atoms with Gasteiger partial charge in [-0.25, -0.2) is 0 Å². The van der Waals surface area contributed by atoms with Crippen LogP contribution in [-0.2, 0) is 4.79 Å². The molecular formula is C17H35NO5. The second kappa shape index (κ2) is 12.7. The van der Waals surface area contributed by atoms with E-state index in [-0.39, 0.29) is 18.9 Å². The number of nitrogens with zero attached hydrogens (tertiary/aromatic N) is 1. The Kier molecular flexibility index (Phi) is 12.3. The smallest absolute Gasteiger partial charge is 0.222 e. The standard InChI is InChI=1S/C17H35NO5/c1-4-6-7-8-9-10-11-15(21)18(3)12-14(20)17(23)16(22)13(19)5-2/h13-14,16-17,19-20,22-23H,4-12H2,1-3H3. The predicted octanol–water partition coefficient (Wildman–Crippen LogP) is 1.05. The van der Waals surface area contributed by atoms with E-state index in [0.29, 0.717) is 6.42 Å². The number of aliphatic hydroxyl groups excluding tert-OH is 4. The first-order valence-corrected chi connectivity index (χ1v) is 8.81. The third-order valence-electron chi connectivity index (χ3n) is 4.19. The Morgan fingerprint density at radius 1 is 0.870 bits per heavy atom. The average Bonchev–Trinajstić information content (AvgIpc) is 2.55. The highest BCUT2D eigenvalue weighted by atomic mass is 16.4. The summed E-state index contributed by atoms with van der Waals surface area (Å²) in [5.74, 6) is -0.0859. The molecule has 0 spiro atoms. The van der Waals surface area contributed by atoms with Crippen LogP contribution in [0.15, 0.2) is 0 Å². The largest absolute Gasteiger partial charge is 0.390 e. The third-order valence-corrected chi connectivity index (χ3v) is 4.19. The van der Waals surface area contributed by atoms with Crippen LogP contribution in [0.4, 0.5) is 0 Å². The first-order valence-electron chi connectivity index (χ1n) is 8.81. The van der Waals surface area contributed by atoms with Crippen LogP contribution in [0.3, 0.4) is 0 Å². The van der Waals surface area contributed by atoms with E-state index in [1.54, 1.807) is 14.0 Å². The molecule has 4 atom stereocenters. The summed E-state index contributed by atoms with van der Waals surface area (Å²) in [7, 11) is 1.57. The molecular weight excluding hydrogens is 298 g/mol. The predicted molar refractivity (Wildman–Crippen MR) is 89.9 cm³/mol. The topological polar surface area (TPSA) is 101 Å². The van der Waals surface area contributed by atoms with Crippen molar-refractivity contribution in [1.82, 2.24) is 4.90 Å². The number of rotatable bonds is 13. The summed E-state index contributed by atoms with van der Waals surface area (Å²) in [6.45, 7) is 3.77. The van der Waals surface area contributed by atoms with E-state index in [1.165, 1.54) is 24.2 Å². The molecule has 0 aromatic heterocycles. The number of carbonyl (C=O) groups is 1. The second-order valence-electron chi connectivity index (χ2n) is 6.32. The van der Waals surface area contributed by atoms with E-state index in [0.717, 1.165) is 19.3 Å². The van der Waals surface area contributed by atoms with Crippen molar-refractivity contribution in [3.8, 4) is 0 Å². The molecule has 0 radical (unpaired) electrons. The van der Waals surface area contributed by atoms with Gasteiger partial charge >= 0.3 is 0 Å². The van der Waals surface area contributed by atoms with Gasteiger partial charge in [-0.2, -0.15) is 0 Å². The van der Waals surface area contributed by atoms with Crippen molar-refractivity contribution in [3.63, 3.8) is 0 Å². The van der Waals surface area contributed by atoms with Gasteiger partial charge in [0.25, 0.3) is 0 Å². The first kappa shape index (κ1) is 22.3. The number of unbranched alkanes of at least 4 members (excludes halogenated alkanes) is 5. The Labute approximate surface area is 140 Å². The normalized spacial score (nSPS) is 16.7. The molecule has 138 valence electrons. The maximum Gasteiger partial charge on any atom is 0.222 e. The molecule has 0 aliphatic rings. The van der Waals surface area contributed by atoms with Crippen molar-refractivity contribution in [3.05, 3.63) is 0 Å². The van der Waals surface area contributed by atoms with Crippen LogP contribution in [0.25, 0.3) is 0 Å². The zero-order valence-electron chi connectivity index (χ0n) is 14.8. The van der Waals surface area contributed by atoms with Crippen LogP contribution in [0.2, 0.25) is 0 Å². The van der Waals surface area contributed by atoms with Gasteiger partial charge in [0.15, 0.2) is 0 Å². The molecule has 0 saturated carbocycles. The fourth-order valence-corrected chi connectivity index (χ4v) is 2.43. The summed E-state index contributed by atoms with van der Waals surface area (Å²) < 4.78 is 0. The lowest BCUT2D eigenvalue weighted by molar-refractivity contribution is -0.136. The highest BCUT2D eigenvalue weighted by Crippen LogP contribution is 2.11. The zero-order valence-corrected chi connectivity index (χ0v) is 14.8. The maximum absolute atomic E-state index is 12.0. The molecule has 0 aromatic carbocycles. The lowest BCUT2D eigenvalue weighted by atomic mass is 10.0. The van der Waals surface area contributed by atoms with Crippen molar-refractivity contribution in [1.29, 1.82) is 0 Å². The van der Waals surface area contributed by atoms with Gasteiger partial charge in [0.05, 0.1) is 6.10 Å². The van der Waals surface area contributed by atoms with Gasteiger partial charge in [-0.1, -0.05) is 46.0 Å². The fourth-order valence-electron chi connectivity index (χ4n) is 2.43. The van der Waals surface area contributed by atoms with E-state index < -0.39 is 24.4 Å². The molecule has 0 aliphatic heterocycles. The van der Waals surface area contributed by atoms with Gasteiger partial charge in [-0.3, -0.25) is 4.79 Å². The van der Waals surface area contributed by atoms with Crippen molar-refractivity contribution in [2.24, 2.45) is 0 Å². The van der Waals surface area contributed by atoms with E-state index in [4.69, 9.17) is 0 Å². The number of likely N-dealkylation sites (N-methyl/N-ethyl adjacent to an activating group) is 1. The quantitative estimate of drug-likeness (QED) is 0.377. The number of amides is 1. The molecule has 0 saturated heterocycles. The molecule has 1 amide bonds. The third kappa shape index (κ3) is 9.25. The minimum absolute atomic E-state index is 0.0661. The monoisotopic (exact) mass is 333 g/mol. The van der Waals surface area contributed by atoms with Crippen LogP contribution in [0.1, 0.15) is 65.2 Å².